The largest absolute Gasteiger partial charge is 0.508 e. The Kier molecular flexibility index (Phi) is 19.7. The van der Waals surface area contributed by atoms with E-state index in [2.05, 4.69) is 12.2 Å². The standard InChI is InChI=1S/C36H55NO5/c1-2-3-4-5-6-7-8-9-10-11-12-13-14-15-17-20-35(39)37-36(40)21-18-16-19-30-41-32-26-28-34(29-27-32)42-33-24-22-31(38)23-25-33/h22-29,38H,2-21,30H2,1H3,(H,37,39,40). The van der Waals surface area contributed by atoms with Crippen molar-refractivity contribution >= 4 is 11.8 Å². The predicted octanol–water partition coefficient (Wildman–Crippen LogP) is 10.0. The molecule has 2 rings (SSSR count). The molecular formula is C36H55NO5. The zero-order chi connectivity index (χ0) is 30.1. The molecule has 0 radical (unpaired) electrons. The zero-order valence-electron chi connectivity index (χ0n) is 26.0. The summed E-state index contributed by atoms with van der Waals surface area (Å²) in [4.78, 5) is 24.1. The Morgan fingerprint density at radius 1 is 0.548 bits per heavy atom. The van der Waals surface area contributed by atoms with Crippen molar-refractivity contribution in [2.24, 2.45) is 0 Å². The number of rotatable bonds is 25. The molecule has 0 saturated heterocycles. The molecule has 0 spiro atoms. The van der Waals surface area contributed by atoms with Crippen LogP contribution in [0.2, 0.25) is 0 Å². The Morgan fingerprint density at radius 3 is 1.40 bits per heavy atom. The van der Waals surface area contributed by atoms with E-state index < -0.39 is 0 Å². The van der Waals surface area contributed by atoms with Crippen molar-refractivity contribution in [1.29, 1.82) is 0 Å². The second-order valence-corrected chi connectivity index (χ2v) is 11.4. The molecule has 0 bridgehead atoms. The van der Waals surface area contributed by atoms with E-state index in [-0.39, 0.29) is 17.6 Å². The fourth-order valence-corrected chi connectivity index (χ4v) is 4.95. The van der Waals surface area contributed by atoms with Gasteiger partial charge in [-0.25, -0.2) is 0 Å². The highest BCUT2D eigenvalue weighted by Gasteiger charge is 2.07. The predicted molar refractivity (Wildman–Crippen MR) is 171 cm³/mol. The molecule has 0 aliphatic heterocycles. The maximum Gasteiger partial charge on any atom is 0.226 e. The zero-order valence-corrected chi connectivity index (χ0v) is 26.0. The van der Waals surface area contributed by atoms with Crippen LogP contribution < -0.4 is 14.8 Å². The Morgan fingerprint density at radius 2 is 0.929 bits per heavy atom. The molecule has 0 heterocycles. The SMILES string of the molecule is CCCCCCCCCCCCCCCCCC(=O)NC(=O)CCCCCOc1ccc(Oc2ccc(O)cc2)cc1. The van der Waals surface area contributed by atoms with Crippen molar-refractivity contribution in [2.45, 2.75) is 135 Å². The number of phenols is 1. The van der Waals surface area contributed by atoms with Gasteiger partial charge >= 0.3 is 0 Å². The van der Waals surface area contributed by atoms with Crippen molar-refractivity contribution in [1.82, 2.24) is 5.32 Å². The fourth-order valence-electron chi connectivity index (χ4n) is 4.95. The number of benzene rings is 2. The number of carbonyl (C=O) groups excluding carboxylic acids is 2. The lowest BCUT2D eigenvalue weighted by atomic mass is 10.0. The Hall–Kier alpha value is -3.02. The average molecular weight is 582 g/mol. The summed E-state index contributed by atoms with van der Waals surface area (Å²) in [5.41, 5.74) is 0. The summed E-state index contributed by atoms with van der Waals surface area (Å²) >= 11 is 0. The van der Waals surface area contributed by atoms with Crippen molar-refractivity contribution < 1.29 is 24.2 Å². The maximum atomic E-state index is 12.1. The first kappa shape index (κ1) is 35.2. The smallest absolute Gasteiger partial charge is 0.226 e. The molecule has 6 heteroatoms. The van der Waals surface area contributed by atoms with Crippen LogP contribution in [0, 0.1) is 0 Å². The van der Waals surface area contributed by atoms with Gasteiger partial charge in [0.05, 0.1) is 6.61 Å². The average Bonchev–Trinajstić information content (AvgIpc) is 2.99. The van der Waals surface area contributed by atoms with Crippen molar-refractivity contribution in [3.8, 4) is 23.0 Å². The fraction of sp³-hybridized carbons (Fsp3) is 0.611. The van der Waals surface area contributed by atoms with Gasteiger partial charge in [-0.3, -0.25) is 14.9 Å². The normalized spacial score (nSPS) is 10.9. The molecule has 0 atom stereocenters. The third-order valence-electron chi connectivity index (χ3n) is 7.50. The van der Waals surface area contributed by atoms with Crippen LogP contribution >= 0.6 is 0 Å². The van der Waals surface area contributed by atoms with Gasteiger partial charge in [0.2, 0.25) is 11.8 Å². The van der Waals surface area contributed by atoms with E-state index in [1.807, 2.05) is 24.3 Å². The molecule has 42 heavy (non-hydrogen) atoms. The van der Waals surface area contributed by atoms with E-state index in [1.54, 1.807) is 24.3 Å². The molecule has 0 saturated carbocycles. The van der Waals surface area contributed by atoms with Gasteiger partial charge in [0.25, 0.3) is 0 Å². The topological polar surface area (TPSA) is 84.9 Å². The number of ether oxygens (including phenoxy) is 2. The molecule has 2 N–H and O–H groups in total. The highest BCUT2D eigenvalue weighted by molar-refractivity contribution is 5.95. The monoisotopic (exact) mass is 581 g/mol. The lowest BCUT2D eigenvalue weighted by molar-refractivity contribution is -0.130. The van der Waals surface area contributed by atoms with E-state index in [9.17, 15) is 14.7 Å². The third kappa shape index (κ3) is 18.4. The molecule has 0 aromatic heterocycles. The molecule has 0 unspecified atom stereocenters. The quantitative estimate of drug-likeness (QED) is 0.114. The van der Waals surface area contributed by atoms with Crippen LogP contribution in [-0.2, 0) is 9.59 Å². The van der Waals surface area contributed by atoms with Gasteiger partial charge < -0.3 is 14.6 Å². The van der Waals surface area contributed by atoms with Gasteiger partial charge in [0.1, 0.15) is 23.0 Å². The second-order valence-electron chi connectivity index (χ2n) is 11.4. The first-order valence-electron chi connectivity index (χ1n) is 16.6. The first-order chi connectivity index (χ1) is 20.6. The van der Waals surface area contributed by atoms with Crippen molar-refractivity contribution in [2.75, 3.05) is 6.61 Å². The van der Waals surface area contributed by atoms with E-state index in [4.69, 9.17) is 9.47 Å². The summed E-state index contributed by atoms with van der Waals surface area (Å²) in [7, 11) is 0. The summed E-state index contributed by atoms with van der Waals surface area (Å²) in [5.74, 6) is 1.98. The Labute approximate surface area is 254 Å². The van der Waals surface area contributed by atoms with Gasteiger partial charge in [-0.05, 0) is 74.2 Å². The molecule has 2 aromatic rings. The van der Waals surface area contributed by atoms with Gasteiger partial charge in [-0.2, -0.15) is 0 Å². The number of hydrogen-bond acceptors (Lipinski definition) is 5. The van der Waals surface area contributed by atoms with Crippen LogP contribution in [0.4, 0.5) is 0 Å². The summed E-state index contributed by atoms with van der Waals surface area (Å²) in [6.45, 7) is 2.84. The summed E-state index contributed by atoms with van der Waals surface area (Å²) in [6.07, 6.45) is 22.7. The molecule has 0 aliphatic carbocycles. The van der Waals surface area contributed by atoms with Crippen LogP contribution in [0.5, 0.6) is 23.0 Å². The number of phenolic OH excluding ortho intramolecular Hbond substituents is 1. The third-order valence-corrected chi connectivity index (χ3v) is 7.50. The van der Waals surface area contributed by atoms with E-state index in [1.165, 1.54) is 83.5 Å². The van der Waals surface area contributed by atoms with E-state index >= 15 is 0 Å². The Bertz CT molecular complexity index is 958. The number of hydrogen-bond donors (Lipinski definition) is 2. The van der Waals surface area contributed by atoms with E-state index in [0.717, 1.165) is 37.9 Å². The molecule has 2 aromatic carbocycles. The minimum absolute atomic E-state index is 0.143. The van der Waals surface area contributed by atoms with Crippen molar-refractivity contribution in [3.63, 3.8) is 0 Å². The Balaban J connectivity index is 1.36. The second kappa shape index (κ2) is 23.5. The van der Waals surface area contributed by atoms with Gasteiger partial charge in [-0.1, -0.05) is 96.8 Å². The highest BCUT2D eigenvalue weighted by atomic mass is 16.5. The van der Waals surface area contributed by atoms with Crippen LogP contribution in [0.25, 0.3) is 0 Å². The lowest BCUT2D eigenvalue weighted by Gasteiger charge is -2.09. The van der Waals surface area contributed by atoms with Gasteiger partial charge in [0.15, 0.2) is 0 Å². The number of imide groups is 1. The van der Waals surface area contributed by atoms with Crippen LogP contribution in [0.3, 0.4) is 0 Å². The van der Waals surface area contributed by atoms with Gasteiger partial charge in [-0.15, -0.1) is 0 Å². The molecule has 234 valence electrons. The minimum atomic E-state index is -0.175. The first-order valence-corrected chi connectivity index (χ1v) is 16.6. The van der Waals surface area contributed by atoms with E-state index in [0.29, 0.717) is 30.9 Å². The summed E-state index contributed by atoms with van der Waals surface area (Å²) in [5, 5.41) is 11.9. The molecular weight excluding hydrogens is 526 g/mol. The number of carbonyl (C=O) groups is 2. The molecule has 0 aliphatic rings. The minimum Gasteiger partial charge on any atom is -0.508 e. The number of aromatic hydroxyl groups is 1. The van der Waals surface area contributed by atoms with Crippen LogP contribution in [-0.4, -0.2) is 23.5 Å². The van der Waals surface area contributed by atoms with Crippen LogP contribution in [0.15, 0.2) is 48.5 Å². The summed E-state index contributed by atoms with van der Waals surface area (Å²) in [6, 6.07) is 14.0. The highest BCUT2D eigenvalue weighted by Crippen LogP contribution is 2.25. The summed E-state index contributed by atoms with van der Waals surface area (Å²) < 4.78 is 11.5. The number of nitrogens with one attached hydrogen (secondary N) is 1. The molecule has 6 nitrogen and oxygen atoms in total. The number of amides is 2. The molecule has 2 amide bonds. The molecule has 0 fully saturated rings. The van der Waals surface area contributed by atoms with Crippen molar-refractivity contribution in [3.05, 3.63) is 48.5 Å². The lowest BCUT2D eigenvalue weighted by Crippen LogP contribution is -2.29. The maximum absolute atomic E-state index is 12.1. The number of unbranched alkanes of at least 4 members (excludes halogenated alkanes) is 16. The van der Waals surface area contributed by atoms with Crippen LogP contribution in [0.1, 0.15) is 135 Å². The van der Waals surface area contributed by atoms with Gasteiger partial charge in [0, 0.05) is 12.8 Å².